The van der Waals surface area contributed by atoms with Crippen molar-refractivity contribution in [1.82, 2.24) is 9.80 Å². The fourth-order valence-corrected chi connectivity index (χ4v) is 4.28. The molecular formula is C26H32Br2N2O4. The van der Waals surface area contributed by atoms with Crippen LogP contribution in [0.25, 0.3) is 0 Å². The smallest absolute Gasteiger partial charge is 0.257 e. The summed E-state index contributed by atoms with van der Waals surface area (Å²) in [6.07, 6.45) is 0. The third kappa shape index (κ3) is 6.98. The topological polar surface area (TPSA) is 59.1 Å². The molecule has 0 radical (unpaired) electrons. The zero-order valence-electron chi connectivity index (χ0n) is 20.1. The molecule has 1 heterocycles. The normalized spacial score (nSPS) is 14.0. The molecule has 2 aromatic carbocycles. The minimum Gasteiger partial charge on any atom is -0.492 e. The number of amides is 2. The molecule has 0 saturated carbocycles. The molecule has 34 heavy (non-hydrogen) atoms. The number of carbonyl (C=O) groups excluding carboxylic acids is 2. The SMILES string of the molecule is CC(C)COc1ccc(Br)cc1C(=O)N1CCN(C(=O)c2cc(Br)ccc2OCC(C)C)CC1. The Morgan fingerprint density at radius 3 is 1.41 bits per heavy atom. The second-order valence-electron chi connectivity index (χ2n) is 9.28. The highest BCUT2D eigenvalue weighted by Crippen LogP contribution is 2.28. The Kier molecular flexibility index (Phi) is 9.42. The van der Waals surface area contributed by atoms with E-state index in [-0.39, 0.29) is 11.8 Å². The van der Waals surface area contributed by atoms with Gasteiger partial charge in [0.1, 0.15) is 11.5 Å². The van der Waals surface area contributed by atoms with Crippen molar-refractivity contribution in [3.63, 3.8) is 0 Å². The number of nitrogens with zero attached hydrogens (tertiary/aromatic N) is 2. The zero-order valence-corrected chi connectivity index (χ0v) is 23.3. The Balaban J connectivity index is 1.69. The summed E-state index contributed by atoms with van der Waals surface area (Å²) in [5.74, 6) is 1.70. The van der Waals surface area contributed by atoms with Crippen LogP contribution in [0, 0.1) is 11.8 Å². The predicted molar refractivity (Wildman–Crippen MR) is 141 cm³/mol. The molecule has 0 aromatic heterocycles. The van der Waals surface area contributed by atoms with Gasteiger partial charge >= 0.3 is 0 Å². The van der Waals surface area contributed by atoms with Crippen molar-refractivity contribution in [1.29, 1.82) is 0 Å². The maximum Gasteiger partial charge on any atom is 0.257 e. The van der Waals surface area contributed by atoms with Crippen molar-refractivity contribution in [2.75, 3.05) is 39.4 Å². The van der Waals surface area contributed by atoms with Gasteiger partial charge in [0.15, 0.2) is 0 Å². The zero-order chi connectivity index (χ0) is 24.8. The van der Waals surface area contributed by atoms with E-state index in [0.29, 0.717) is 73.9 Å². The monoisotopic (exact) mass is 594 g/mol. The van der Waals surface area contributed by atoms with E-state index in [9.17, 15) is 9.59 Å². The van der Waals surface area contributed by atoms with E-state index in [1.165, 1.54) is 0 Å². The van der Waals surface area contributed by atoms with Crippen molar-refractivity contribution in [2.45, 2.75) is 27.7 Å². The molecule has 1 aliphatic heterocycles. The van der Waals surface area contributed by atoms with E-state index >= 15 is 0 Å². The highest BCUT2D eigenvalue weighted by molar-refractivity contribution is 9.10. The van der Waals surface area contributed by atoms with Crippen LogP contribution < -0.4 is 9.47 Å². The lowest BCUT2D eigenvalue weighted by atomic mass is 10.1. The van der Waals surface area contributed by atoms with Gasteiger partial charge in [0.25, 0.3) is 11.8 Å². The van der Waals surface area contributed by atoms with Gasteiger partial charge in [0.2, 0.25) is 0 Å². The number of carbonyl (C=O) groups is 2. The first kappa shape index (κ1) is 26.5. The molecule has 2 amide bonds. The molecule has 8 heteroatoms. The van der Waals surface area contributed by atoms with Crippen molar-refractivity contribution in [2.24, 2.45) is 11.8 Å². The molecule has 0 aliphatic carbocycles. The van der Waals surface area contributed by atoms with Gasteiger partial charge in [-0.15, -0.1) is 0 Å². The van der Waals surface area contributed by atoms with Gasteiger partial charge in [-0.05, 0) is 48.2 Å². The van der Waals surface area contributed by atoms with E-state index in [4.69, 9.17) is 9.47 Å². The third-order valence-corrected chi connectivity index (χ3v) is 6.33. The second kappa shape index (κ2) is 12.1. The first-order valence-electron chi connectivity index (χ1n) is 11.6. The molecule has 0 N–H and O–H groups in total. The van der Waals surface area contributed by atoms with Gasteiger partial charge in [-0.25, -0.2) is 0 Å². The summed E-state index contributed by atoms with van der Waals surface area (Å²) < 4.78 is 13.4. The van der Waals surface area contributed by atoms with Gasteiger partial charge < -0.3 is 19.3 Å². The lowest BCUT2D eigenvalue weighted by Crippen LogP contribution is -2.50. The molecule has 1 saturated heterocycles. The number of piperazine rings is 1. The van der Waals surface area contributed by atoms with Gasteiger partial charge in [-0.1, -0.05) is 59.6 Å². The maximum absolute atomic E-state index is 13.3. The average molecular weight is 596 g/mol. The summed E-state index contributed by atoms with van der Waals surface area (Å²) in [5, 5.41) is 0. The number of hydrogen-bond donors (Lipinski definition) is 0. The Morgan fingerprint density at radius 2 is 1.09 bits per heavy atom. The Hall–Kier alpha value is -2.06. The Labute approximate surface area is 218 Å². The minimum atomic E-state index is -0.0874. The van der Waals surface area contributed by atoms with E-state index < -0.39 is 0 Å². The van der Waals surface area contributed by atoms with E-state index in [1.807, 2.05) is 24.3 Å². The van der Waals surface area contributed by atoms with E-state index in [2.05, 4.69) is 59.6 Å². The summed E-state index contributed by atoms with van der Waals surface area (Å²) in [5.41, 5.74) is 1.07. The van der Waals surface area contributed by atoms with Crippen molar-refractivity contribution in [3.05, 3.63) is 56.5 Å². The number of hydrogen-bond acceptors (Lipinski definition) is 4. The van der Waals surface area contributed by atoms with Crippen LogP contribution in [0.3, 0.4) is 0 Å². The molecule has 0 bridgehead atoms. The molecule has 0 unspecified atom stereocenters. The molecule has 1 fully saturated rings. The lowest BCUT2D eigenvalue weighted by Gasteiger charge is -2.35. The van der Waals surface area contributed by atoms with E-state index in [0.717, 1.165) is 8.95 Å². The first-order chi connectivity index (χ1) is 16.2. The molecule has 0 atom stereocenters. The van der Waals surface area contributed by atoms with Crippen LogP contribution in [0.4, 0.5) is 0 Å². The fourth-order valence-electron chi connectivity index (χ4n) is 3.56. The maximum atomic E-state index is 13.3. The van der Waals surface area contributed by atoms with Crippen LogP contribution in [0.15, 0.2) is 45.3 Å². The first-order valence-corrected chi connectivity index (χ1v) is 13.2. The Bertz CT molecular complexity index is 936. The van der Waals surface area contributed by atoms with Crippen LogP contribution in [0.1, 0.15) is 48.4 Å². The van der Waals surface area contributed by atoms with Gasteiger partial charge in [0, 0.05) is 35.1 Å². The summed E-state index contributed by atoms with van der Waals surface area (Å²) in [6.45, 7) is 11.2. The number of ether oxygens (including phenoxy) is 2. The fraction of sp³-hybridized carbons (Fsp3) is 0.462. The molecule has 1 aliphatic rings. The van der Waals surface area contributed by atoms with Crippen LogP contribution in [-0.2, 0) is 0 Å². The number of benzene rings is 2. The molecular weight excluding hydrogens is 564 g/mol. The average Bonchev–Trinajstić information content (AvgIpc) is 2.81. The van der Waals surface area contributed by atoms with Crippen LogP contribution in [-0.4, -0.2) is 61.0 Å². The summed E-state index contributed by atoms with van der Waals surface area (Å²) in [4.78, 5) is 30.2. The minimum absolute atomic E-state index is 0.0874. The molecule has 184 valence electrons. The predicted octanol–water partition coefficient (Wildman–Crippen LogP) is 5.88. The standard InChI is InChI=1S/C26H32Br2N2O4/c1-17(2)15-33-23-7-5-19(27)13-21(23)25(31)29-9-11-30(12-10-29)26(32)22-14-20(28)6-8-24(22)34-16-18(3)4/h5-8,13-14,17-18H,9-12,15-16H2,1-4H3. The highest BCUT2D eigenvalue weighted by Gasteiger charge is 2.28. The molecule has 2 aromatic rings. The van der Waals surface area contributed by atoms with Crippen LogP contribution in [0.2, 0.25) is 0 Å². The van der Waals surface area contributed by atoms with Crippen molar-refractivity contribution >= 4 is 43.7 Å². The Morgan fingerprint density at radius 1 is 0.735 bits per heavy atom. The molecule has 3 rings (SSSR count). The number of rotatable bonds is 8. The highest BCUT2D eigenvalue weighted by atomic mass is 79.9. The van der Waals surface area contributed by atoms with Crippen molar-refractivity contribution < 1.29 is 19.1 Å². The molecule has 6 nitrogen and oxygen atoms in total. The summed E-state index contributed by atoms with van der Waals surface area (Å²) >= 11 is 6.92. The van der Waals surface area contributed by atoms with Gasteiger partial charge in [0.05, 0.1) is 24.3 Å². The second-order valence-corrected chi connectivity index (χ2v) is 11.1. The van der Waals surface area contributed by atoms with E-state index in [1.54, 1.807) is 21.9 Å². The summed E-state index contributed by atoms with van der Waals surface area (Å²) in [7, 11) is 0. The molecule has 0 spiro atoms. The van der Waals surface area contributed by atoms with Crippen molar-refractivity contribution in [3.8, 4) is 11.5 Å². The largest absolute Gasteiger partial charge is 0.492 e. The van der Waals surface area contributed by atoms with Gasteiger partial charge in [-0.3, -0.25) is 9.59 Å². The van der Waals surface area contributed by atoms with Gasteiger partial charge in [-0.2, -0.15) is 0 Å². The quantitative estimate of drug-likeness (QED) is 0.382. The van der Waals surface area contributed by atoms with Crippen LogP contribution >= 0.6 is 31.9 Å². The summed E-state index contributed by atoms with van der Waals surface area (Å²) in [6, 6.07) is 11.0. The van der Waals surface area contributed by atoms with Crippen LogP contribution in [0.5, 0.6) is 11.5 Å². The number of halogens is 2. The lowest BCUT2D eigenvalue weighted by molar-refractivity contribution is 0.0530. The third-order valence-electron chi connectivity index (χ3n) is 5.34.